The maximum Gasteiger partial charge on any atom is 0.239 e. The molecule has 1 heterocycles. The normalized spacial score (nSPS) is 15.6. The first kappa shape index (κ1) is 21.8. The molecule has 0 spiro atoms. The quantitative estimate of drug-likeness (QED) is 0.687. The number of ether oxygens (including phenoxy) is 1. The number of amides is 2. The van der Waals surface area contributed by atoms with E-state index in [0.29, 0.717) is 30.8 Å². The molecule has 30 heavy (non-hydrogen) atoms. The van der Waals surface area contributed by atoms with E-state index in [9.17, 15) is 9.59 Å². The SMILES string of the molecule is CN1CCN(C(=O)C(N)Cc2ccc(Oc3ccc(CCC(N)=O)cc3)cc2)CC1. The number of rotatable bonds is 8. The Bertz CT molecular complexity index is 844. The van der Waals surface area contributed by atoms with Crippen molar-refractivity contribution in [2.24, 2.45) is 11.5 Å². The van der Waals surface area contributed by atoms with Crippen molar-refractivity contribution in [3.8, 4) is 11.5 Å². The van der Waals surface area contributed by atoms with Crippen molar-refractivity contribution in [1.29, 1.82) is 0 Å². The second kappa shape index (κ2) is 10.2. The highest BCUT2D eigenvalue weighted by Gasteiger charge is 2.24. The summed E-state index contributed by atoms with van der Waals surface area (Å²) in [5.41, 5.74) is 13.4. The minimum Gasteiger partial charge on any atom is -0.457 e. The molecule has 4 N–H and O–H groups in total. The summed E-state index contributed by atoms with van der Waals surface area (Å²) in [6.45, 7) is 3.24. The van der Waals surface area contributed by atoms with Crippen LogP contribution in [0.15, 0.2) is 48.5 Å². The highest BCUT2D eigenvalue weighted by molar-refractivity contribution is 5.82. The molecular formula is C23H30N4O3. The molecule has 0 aromatic heterocycles. The maximum absolute atomic E-state index is 12.6. The summed E-state index contributed by atoms with van der Waals surface area (Å²) in [5, 5.41) is 0. The van der Waals surface area contributed by atoms with Crippen LogP contribution in [0, 0.1) is 0 Å². The van der Waals surface area contributed by atoms with Gasteiger partial charge in [0.1, 0.15) is 11.5 Å². The molecule has 160 valence electrons. The molecule has 1 aliphatic heterocycles. The average molecular weight is 411 g/mol. The zero-order chi connectivity index (χ0) is 21.5. The second-order valence-corrected chi connectivity index (χ2v) is 7.80. The first-order chi connectivity index (χ1) is 14.4. The molecule has 0 saturated carbocycles. The van der Waals surface area contributed by atoms with Gasteiger partial charge in [-0.15, -0.1) is 0 Å². The van der Waals surface area contributed by atoms with Crippen LogP contribution in [0.4, 0.5) is 0 Å². The zero-order valence-electron chi connectivity index (χ0n) is 17.4. The molecule has 2 aromatic rings. The molecule has 2 aromatic carbocycles. The van der Waals surface area contributed by atoms with Gasteiger partial charge in [-0.1, -0.05) is 24.3 Å². The van der Waals surface area contributed by atoms with Gasteiger partial charge >= 0.3 is 0 Å². The molecule has 0 aliphatic carbocycles. The van der Waals surface area contributed by atoms with Gasteiger partial charge in [-0.3, -0.25) is 9.59 Å². The van der Waals surface area contributed by atoms with Gasteiger partial charge in [0.25, 0.3) is 0 Å². The van der Waals surface area contributed by atoms with Crippen LogP contribution in [0.1, 0.15) is 17.5 Å². The van der Waals surface area contributed by atoms with E-state index in [4.69, 9.17) is 16.2 Å². The number of carbonyl (C=O) groups excluding carboxylic acids is 2. The Hall–Kier alpha value is -2.90. The van der Waals surface area contributed by atoms with Gasteiger partial charge < -0.3 is 26.0 Å². The third kappa shape index (κ3) is 6.30. The van der Waals surface area contributed by atoms with Gasteiger partial charge in [0.2, 0.25) is 11.8 Å². The molecule has 1 unspecified atom stereocenters. The molecule has 1 saturated heterocycles. The fourth-order valence-corrected chi connectivity index (χ4v) is 3.42. The Morgan fingerprint density at radius 3 is 2.00 bits per heavy atom. The molecular weight excluding hydrogens is 380 g/mol. The third-order valence-corrected chi connectivity index (χ3v) is 5.33. The molecule has 1 atom stereocenters. The van der Waals surface area contributed by atoms with Crippen LogP contribution in [0.2, 0.25) is 0 Å². The van der Waals surface area contributed by atoms with Crippen LogP contribution >= 0.6 is 0 Å². The molecule has 1 fully saturated rings. The zero-order valence-corrected chi connectivity index (χ0v) is 17.4. The van der Waals surface area contributed by atoms with E-state index in [2.05, 4.69) is 11.9 Å². The van der Waals surface area contributed by atoms with Crippen molar-refractivity contribution in [3.63, 3.8) is 0 Å². The van der Waals surface area contributed by atoms with E-state index in [-0.39, 0.29) is 11.8 Å². The Kier molecular flexibility index (Phi) is 7.43. The lowest BCUT2D eigenvalue weighted by Crippen LogP contribution is -2.52. The van der Waals surface area contributed by atoms with Crippen LogP contribution in [-0.2, 0) is 22.4 Å². The van der Waals surface area contributed by atoms with Gasteiger partial charge in [-0.05, 0) is 55.3 Å². The van der Waals surface area contributed by atoms with E-state index < -0.39 is 6.04 Å². The molecule has 7 nitrogen and oxygen atoms in total. The van der Waals surface area contributed by atoms with Gasteiger partial charge in [-0.25, -0.2) is 0 Å². The summed E-state index contributed by atoms with van der Waals surface area (Å²) in [7, 11) is 2.06. The number of benzene rings is 2. The number of primary amides is 1. The number of carbonyl (C=O) groups is 2. The smallest absolute Gasteiger partial charge is 0.239 e. The maximum atomic E-state index is 12.6. The highest BCUT2D eigenvalue weighted by Crippen LogP contribution is 2.23. The van der Waals surface area contributed by atoms with Crippen molar-refractivity contribution in [2.45, 2.75) is 25.3 Å². The molecule has 7 heteroatoms. The van der Waals surface area contributed by atoms with Crippen LogP contribution in [0.3, 0.4) is 0 Å². The molecule has 0 radical (unpaired) electrons. The van der Waals surface area contributed by atoms with Crippen LogP contribution in [0.25, 0.3) is 0 Å². The summed E-state index contributed by atoms with van der Waals surface area (Å²) in [5.74, 6) is 1.13. The largest absolute Gasteiger partial charge is 0.457 e. The van der Waals surface area contributed by atoms with Gasteiger partial charge in [0.05, 0.1) is 6.04 Å². The fraction of sp³-hybridized carbons (Fsp3) is 0.391. The number of piperazine rings is 1. The van der Waals surface area contributed by atoms with Crippen molar-refractivity contribution in [3.05, 3.63) is 59.7 Å². The Balaban J connectivity index is 1.50. The Morgan fingerprint density at radius 1 is 0.933 bits per heavy atom. The van der Waals surface area contributed by atoms with E-state index in [1.807, 2.05) is 53.4 Å². The topological polar surface area (TPSA) is 102 Å². The summed E-state index contributed by atoms with van der Waals surface area (Å²) >= 11 is 0. The lowest BCUT2D eigenvalue weighted by Gasteiger charge is -2.33. The number of nitrogens with zero attached hydrogens (tertiary/aromatic N) is 2. The monoisotopic (exact) mass is 410 g/mol. The van der Waals surface area contributed by atoms with E-state index in [1.165, 1.54) is 0 Å². The molecule has 1 aliphatic rings. The van der Waals surface area contributed by atoms with Crippen LogP contribution in [-0.4, -0.2) is 60.9 Å². The number of aryl methyl sites for hydroxylation is 1. The third-order valence-electron chi connectivity index (χ3n) is 5.33. The predicted octanol–water partition coefficient (Wildman–Crippen LogP) is 1.54. The first-order valence-electron chi connectivity index (χ1n) is 10.3. The lowest BCUT2D eigenvalue weighted by atomic mass is 10.0. The Morgan fingerprint density at radius 2 is 1.47 bits per heavy atom. The van der Waals surface area contributed by atoms with Gasteiger partial charge in [-0.2, -0.15) is 0 Å². The second-order valence-electron chi connectivity index (χ2n) is 7.80. The minimum atomic E-state index is -0.534. The van der Waals surface area contributed by atoms with E-state index in [0.717, 1.165) is 37.3 Å². The molecule has 2 amide bonds. The Labute approximate surface area is 177 Å². The van der Waals surface area contributed by atoms with Crippen molar-refractivity contribution in [2.75, 3.05) is 33.2 Å². The average Bonchev–Trinajstić information content (AvgIpc) is 2.74. The first-order valence-corrected chi connectivity index (χ1v) is 10.3. The predicted molar refractivity (Wildman–Crippen MR) is 116 cm³/mol. The van der Waals surface area contributed by atoms with Crippen molar-refractivity contribution in [1.82, 2.24) is 9.80 Å². The highest BCUT2D eigenvalue weighted by atomic mass is 16.5. The summed E-state index contributed by atoms with van der Waals surface area (Å²) in [4.78, 5) is 27.5. The summed E-state index contributed by atoms with van der Waals surface area (Å²) in [6, 6.07) is 14.7. The molecule has 3 rings (SSSR count). The number of hydrogen-bond acceptors (Lipinski definition) is 5. The lowest BCUT2D eigenvalue weighted by molar-refractivity contribution is -0.134. The van der Waals surface area contributed by atoms with E-state index in [1.54, 1.807) is 0 Å². The van der Waals surface area contributed by atoms with Crippen LogP contribution in [0.5, 0.6) is 11.5 Å². The van der Waals surface area contributed by atoms with Gasteiger partial charge in [0.15, 0.2) is 0 Å². The number of likely N-dealkylation sites (N-methyl/N-ethyl adjacent to an activating group) is 1. The van der Waals surface area contributed by atoms with Crippen LogP contribution < -0.4 is 16.2 Å². The van der Waals surface area contributed by atoms with Gasteiger partial charge in [0, 0.05) is 32.6 Å². The van der Waals surface area contributed by atoms with E-state index >= 15 is 0 Å². The summed E-state index contributed by atoms with van der Waals surface area (Å²) in [6.07, 6.45) is 1.46. The fourth-order valence-electron chi connectivity index (χ4n) is 3.42. The van der Waals surface area contributed by atoms with Crippen molar-refractivity contribution >= 4 is 11.8 Å². The standard InChI is InChI=1S/C23H30N4O3/c1-26-12-14-27(15-13-26)23(29)21(24)16-18-4-9-20(10-5-18)30-19-7-2-17(3-8-19)6-11-22(25)28/h2-5,7-10,21H,6,11-16,24H2,1H3,(H2,25,28). The molecule has 0 bridgehead atoms. The number of hydrogen-bond donors (Lipinski definition) is 2. The number of nitrogens with two attached hydrogens (primary N) is 2. The van der Waals surface area contributed by atoms with Crippen molar-refractivity contribution < 1.29 is 14.3 Å². The summed E-state index contributed by atoms with van der Waals surface area (Å²) < 4.78 is 5.87. The minimum absolute atomic E-state index is 0.0138.